The number of carbonyl (C=O) groups is 2. The lowest BCUT2D eigenvalue weighted by molar-refractivity contribution is -0.117. The number of nitrogens with one attached hydrogen (secondary N) is 2. The molecule has 0 saturated carbocycles. The number of para-hydroxylation sites is 1. The molecule has 0 radical (unpaired) electrons. The van der Waals surface area contributed by atoms with Gasteiger partial charge in [-0.15, -0.1) is 11.6 Å². The summed E-state index contributed by atoms with van der Waals surface area (Å²) in [6.45, 7) is 0.375. The molecule has 0 aliphatic rings. The summed E-state index contributed by atoms with van der Waals surface area (Å²) in [6, 6.07) is 6.54. The first-order valence-electron chi connectivity index (χ1n) is 4.91. The zero-order valence-electron chi connectivity index (χ0n) is 9.33. The molecule has 6 heteroatoms. The van der Waals surface area contributed by atoms with Crippen LogP contribution in [-0.2, 0) is 16.1 Å². The Morgan fingerprint density at radius 3 is 2.71 bits per heavy atom. The zero-order valence-corrected chi connectivity index (χ0v) is 10.1. The van der Waals surface area contributed by atoms with Gasteiger partial charge in [0.1, 0.15) is 5.88 Å². The van der Waals surface area contributed by atoms with E-state index in [0.29, 0.717) is 12.3 Å². The van der Waals surface area contributed by atoms with Gasteiger partial charge in [0.25, 0.3) is 0 Å². The molecule has 1 rings (SSSR count). The highest BCUT2D eigenvalue weighted by Crippen LogP contribution is 2.15. The number of methoxy groups -OCH3 is 1. The minimum absolute atomic E-state index is 0.257. The third kappa shape index (κ3) is 4.42. The summed E-state index contributed by atoms with van der Waals surface area (Å²) in [5.41, 5.74) is 1.41. The van der Waals surface area contributed by atoms with E-state index in [4.69, 9.17) is 16.3 Å². The minimum atomic E-state index is -0.612. The molecule has 0 unspecified atom stereocenters. The van der Waals surface area contributed by atoms with Crippen LogP contribution in [-0.4, -0.2) is 24.9 Å². The number of hydrogen-bond donors (Lipinski definition) is 2. The highest BCUT2D eigenvalue weighted by molar-refractivity contribution is 6.28. The van der Waals surface area contributed by atoms with Crippen LogP contribution in [0.1, 0.15) is 5.56 Å². The molecule has 1 aromatic carbocycles. The number of alkyl halides is 1. The maximum Gasteiger partial charge on any atom is 0.325 e. The van der Waals surface area contributed by atoms with Gasteiger partial charge in [0.05, 0.1) is 6.61 Å². The molecule has 0 atom stereocenters. The van der Waals surface area contributed by atoms with Crippen molar-refractivity contribution in [2.24, 2.45) is 0 Å². The molecular weight excluding hydrogens is 244 g/mol. The average Bonchev–Trinajstić information content (AvgIpc) is 2.31. The van der Waals surface area contributed by atoms with Crippen LogP contribution in [0, 0.1) is 0 Å². The summed E-state index contributed by atoms with van der Waals surface area (Å²) in [5, 5.41) is 4.64. The van der Waals surface area contributed by atoms with Gasteiger partial charge < -0.3 is 10.1 Å². The molecule has 5 nitrogen and oxygen atoms in total. The van der Waals surface area contributed by atoms with Crippen LogP contribution >= 0.6 is 11.6 Å². The van der Waals surface area contributed by atoms with Crippen molar-refractivity contribution in [1.82, 2.24) is 5.32 Å². The highest BCUT2D eigenvalue weighted by Gasteiger charge is 2.08. The van der Waals surface area contributed by atoms with Crippen molar-refractivity contribution in [3.63, 3.8) is 0 Å². The number of hydrogen-bond acceptors (Lipinski definition) is 3. The fourth-order valence-corrected chi connectivity index (χ4v) is 1.30. The molecule has 0 spiro atoms. The maximum absolute atomic E-state index is 11.4. The standard InChI is InChI=1S/C11H13ClN2O3/c1-17-7-8-4-2-3-5-9(8)13-11(16)14-10(15)6-12/h2-5H,6-7H2,1H3,(H2,13,14,15,16). The van der Waals surface area contributed by atoms with E-state index in [9.17, 15) is 9.59 Å². The number of amides is 3. The van der Waals surface area contributed by atoms with Crippen molar-refractivity contribution in [1.29, 1.82) is 0 Å². The van der Waals surface area contributed by atoms with Crippen LogP contribution in [0.15, 0.2) is 24.3 Å². The van der Waals surface area contributed by atoms with E-state index in [0.717, 1.165) is 5.56 Å². The van der Waals surface area contributed by atoms with Crippen LogP contribution in [0.4, 0.5) is 10.5 Å². The first-order chi connectivity index (χ1) is 8.17. The van der Waals surface area contributed by atoms with Gasteiger partial charge in [-0.05, 0) is 6.07 Å². The Morgan fingerprint density at radius 2 is 2.06 bits per heavy atom. The van der Waals surface area contributed by atoms with Crippen molar-refractivity contribution in [2.75, 3.05) is 18.3 Å². The Labute approximate surface area is 104 Å². The fraction of sp³-hybridized carbons (Fsp3) is 0.273. The predicted octanol–water partition coefficient (Wildman–Crippen LogP) is 1.72. The van der Waals surface area contributed by atoms with Crippen molar-refractivity contribution in [2.45, 2.75) is 6.61 Å². The number of urea groups is 1. The van der Waals surface area contributed by atoms with Crippen LogP contribution in [0.5, 0.6) is 0 Å². The number of ether oxygens (including phenoxy) is 1. The lowest BCUT2D eigenvalue weighted by Crippen LogP contribution is -2.35. The van der Waals surface area contributed by atoms with E-state index in [1.807, 2.05) is 12.1 Å². The van der Waals surface area contributed by atoms with Crippen molar-refractivity contribution < 1.29 is 14.3 Å². The summed E-state index contributed by atoms with van der Waals surface area (Å²) in [5.74, 6) is -0.805. The molecular formula is C11H13ClN2O3. The van der Waals surface area contributed by atoms with E-state index >= 15 is 0 Å². The van der Waals surface area contributed by atoms with Gasteiger partial charge in [0.2, 0.25) is 5.91 Å². The third-order valence-corrected chi connectivity index (χ3v) is 2.18. The number of halogens is 1. The molecule has 1 aromatic rings. The lowest BCUT2D eigenvalue weighted by Gasteiger charge is -2.10. The van der Waals surface area contributed by atoms with Gasteiger partial charge in [0.15, 0.2) is 0 Å². The summed E-state index contributed by atoms with van der Waals surface area (Å²) < 4.78 is 4.99. The summed E-state index contributed by atoms with van der Waals surface area (Å²) in [6.07, 6.45) is 0. The van der Waals surface area contributed by atoms with Gasteiger partial charge in [-0.1, -0.05) is 18.2 Å². The van der Waals surface area contributed by atoms with E-state index in [-0.39, 0.29) is 5.88 Å². The van der Waals surface area contributed by atoms with Crippen molar-refractivity contribution in [3.8, 4) is 0 Å². The van der Waals surface area contributed by atoms with Gasteiger partial charge in [0, 0.05) is 18.4 Å². The van der Waals surface area contributed by atoms with Gasteiger partial charge in [-0.3, -0.25) is 10.1 Å². The number of carbonyl (C=O) groups excluding carboxylic acids is 2. The smallest absolute Gasteiger partial charge is 0.325 e. The highest BCUT2D eigenvalue weighted by atomic mass is 35.5. The van der Waals surface area contributed by atoms with E-state index in [1.54, 1.807) is 19.2 Å². The molecule has 0 aromatic heterocycles. The largest absolute Gasteiger partial charge is 0.380 e. The number of benzene rings is 1. The van der Waals surface area contributed by atoms with E-state index in [1.165, 1.54) is 0 Å². The summed E-state index contributed by atoms with van der Waals surface area (Å²) in [7, 11) is 1.56. The average molecular weight is 257 g/mol. The van der Waals surface area contributed by atoms with Gasteiger partial charge in [-0.25, -0.2) is 4.79 Å². The molecule has 0 saturated heterocycles. The zero-order chi connectivity index (χ0) is 12.7. The molecule has 0 heterocycles. The van der Waals surface area contributed by atoms with Gasteiger partial charge >= 0.3 is 6.03 Å². The van der Waals surface area contributed by atoms with Crippen LogP contribution < -0.4 is 10.6 Å². The third-order valence-electron chi connectivity index (χ3n) is 1.94. The first kappa shape index (κ1) is 13.5. The number of imide groups is 1. The minimum Gasteiger partial charge on any atom is -0.380 e. The molecule has 2 N–H and O–H groups in total. The molecule has 0 bridgehead atoms. The maximum atomic E-state index is 11.4. The Morgan fingerprint density at radius 1 is 1.35 bits per heavy atom. The molecule has 92 valence electrons. The van der Waals surface area contributed by atoms with Crippen LogP contribution in [0.3, 0.4) is 0 Å². The quantitative estimate of drug-likeness (QED) is 0.806. The van der Waals surface area contributed by atoms with Crippen LogP contribution in [0.2, 0.25) is 0 Å². The Hall–Kier alpha value is -1.59. The normalized spacial score (nSPS) is 9.76. The second kappa shape index (κ2) is 6.88. The molecule has 0 aliphatic heterocycles. The fourth-order valence-electron chi connectivity index (χ4n) is 1.24. The second-order valence-corrected chi connectivity index (χ2v) is 3.49. The summed E-state index contributed by atoms with van der Waals surface area (Å²) in [4.78, 5) is 22.3. The monoisotopic (exact) mass is 256 g/mol. The molecule has 3 amide bonds. The molecule has 0 aliphatic carbocycles. The van der Waals surface area contributed by atoms with Crippen molar-refractivity contribution in [3.05, 3.63) is 29.8 Å². The number of anilines is 1. The van der Waals surface area contributed by atoms with E-state index in [2.05, 4.69) is 10.6 Å². The van der Waals surface area contributed by atoms with Crippen LogP contribution in [0.25, 0.3) is 0 Å². The second-order valence-electron chi connectivity index (χ2n) is 3.23. The Bertz CT molecular complexity index is 409. The molecule has 17 heavy (non-hydrogen) atoms. The molecule has 0 fully saturated rings. The summed E-state index contributed by atoms with van der Waals surface area (Å²) >= 11 is 5.27. The van der Waals surface area contributed by atoms with Crippen molar-refractivity contribution >= 4 is 29.2 Å². The lowest BCUT2D eigenvalue weighted by atomic mass is 10.2. The topological polar surface area (TPSA) is 67.4 Å². The predicted molar refractivity (Wildman–Crippen MR) is 65.0 cm³/mol. The first-order valence-corrected chi connectivity index (χ1v) is 5.44. The Kier molecular flexibility index (Phi) is 5.45. The Balaban J connectivity index is 2.67. The SMILES string of the molecule is COCc1ccccc1NC(=O)NC(=O)CCl. The number of rotatable bonds is 4. The van der Waals surface area contributed by atoms with E-state index < -0.39 is 11.9 Å². The van der Waals surface area contributed by atoms with Gasteiger partial charge in [-0.2, -0.15) is 0 Å².